The first-order valence-electron chi connectivity index (χ1n) is 13.9. The average Bonchev–Trinajstić information content (AvgIpc) is 3.52. The molecule has 6 heteroatoms. The zero-order valence-electron chi connectivity index (χ0n) is 22.4. The number of thiophene rings is 1. The molecule has 1 unspecified atom stereocenters. The third kappa shape index (κ3) is 7.27. The van der Waals surface area contributed by atoms with Gasteiger partial charge >= 0.3 is 0 Å². The fourth-order valence-electron chi connectivity index (χ4n) is 6.79. The van der Waals surface area contributed by atoms with Crippen molar-refractivity contribution in [3.8, 4) is 0 Å². The summed E-state index contributed by atoms with van der Waals surface area (Å²) in [4.78, 5) is 5.34. The number of nitrogens with zero attached hydrogens (tertiary/aromatic N) is 2. The van der Waals surface area contributed by atoms with Crippen molar-refractivity contribution in [2.45, 2.75) is 76.9 Å². The molecule has 36 heavy (non-hydrogen) atoms. The molecule has 4 rings (SSSR count). The summed E-state index contributed by atoms with van der Waals surface area (Å²) < 4.78 is 6.15. The van der Waals surface area contributed by atoms with Crippen LogP contribution in [0.4, 0.5) is 0 Å². The predicted octanol–water partition coefficient (Wildman–Crippen LogP) is 8.36. The van der Waals surface area contributed by atoms with E-state index in [1.54, 1.807) is 0 Å². The first-order chi connectivity index (χ1) is 17.4. The Morgan fingerprint density at radius 2 is 1.78 bits per heavy atom. The highest BCUT2D eigenvalue weighted by Crippen LogP contribution is 2.38. The van der Waals surface area contributed by atoms with Gasteiger partial charge in [-0.05, 0) is 97.1 Å². The summed E-state index contributed by atoms with van der Waals surface area (Å²) in [6, 6.07) is 8.24. The van der Waals surface area contributed by atoms with Crippen LogP contribution in [0.5, 0.6) is 0 Å². The first-order valence-corrected chi connectivity index (χ1v) is 15.6. The van der Waals surface area contributed by atoms with Crippen LogP contribution < -0.4 is 0 Å². The van der Waals surface area contributed by atoms with Crippen LogP contribution >= 0.6 is 34.5 Å². The van der Waals surface area contributed by atoms with Crippen LogP contribution in [0.1, 0.15) is 75.8 Å². The first kappa shape index (κ1) is 28.4. The molecular formula is C30H44Cl2N2OS. The molecular weight excluding hydrogens is 507 g/mol. The zero-order chi connectivity index (χ0) is 25.5. The van der Waals surface area contributed by atoms with Crippen molar-refractivity contribution in [2.24, 2.45) is 11.8 Å². The lowest BCUT2D eigenvalue weighted by Gasteiger charge is -2.40. The molecule has 2 aliphatic rings. The van der Waals surface area contributed by atoms with Gasteiger partial charge in [-0.1, -0.05) is 56.0 Å². The van der Waals surface area contributed by atoms with Crippen molar-refractivity contribution in [3.63, 3.8) is 0 Å². The van der Waals surface area contributed by atoms with Gasteiger partial charge in [-0.15, -0.1) is 0 Å². The quantitative estimate of drug-likeness (QED) is 0.264. The van der Waals surface area contributed by atoms with Gasteiger partial charge in [0.05, 0.1) is 5.60 Å². The molecule has 1 aromatic carbocycles. The molecule has 1 aromatic heterocycles. The second kappa shape index (κ2) is 13.4. The summed E-state index contributed by atoms with van der Waals surface area (Å²) >= 11 is 14.5. The molecule has 2 atom stereocenters. The molecule has 0 aliphatic carbocycles. The van der Waals surface area contributed by atoms with E-state index in [0.717, 1.165) is 30.6 Å². The lowest BCUT2D eigenvalue weighted by atomic mass is 9.79. The monoisotopic (exact) mass is 550 g/mol. The van der Waals surface area contributed by atoms with Gasteiger partial charge in [-0.3, -0.25) is 4.90 Å². The Labute approximate surface area is 233 Å². The van der Waals surface area contributed by atoms with E-state index in [-0.39, 0.29) is 5.60 Å². The van der Waals surface area contributed by atoms with E-state index >= 15 is 0 Å². The molecule has 2 fully saturated rings. The van der Waals surface area contributed by atoms with Crippen molar-refractivity contribution >= 4 is 34.5 Å². The second-order valence-corrected chi connectivity index (χ2v) is 12.8. The summed E-state index contributed by atoms with van der Waals surface area (Å²) in [5.74, 6) is 2.04. The molecule has 2 aliphatic heterocycles. The van der Waals surface area contributed by atoms with E-state index in [1.165, 1.54) is 75.7 Å². The SMILES string of the molecule is CCCC(CCC)(CC1CCN(CC2CN(Cc3ccc(Cl)cc3Cl)C[C@@H]2c2ccsc2)CC1)OC. The van der Waals surface area contributed by atoms with Crippen LogP contribution in [0.25, 0.3) is 0 Å². The summed E-state index contributed by atoms with van der Waals surface area (Å²) in [6.45, 7) is 11.3. The van der Waals surface area contributed by atoms with Gasteiger partial charge in [0.25, 0.3) is 0 Å². The number of benzene rings is 1. The Hall–Kier alpha value is -0.620. The highest BCUT2D eigenvalue weighted by molar-refractivity contribution is 7.08. The highest BCUT2D eigenvalue weighted by atomic mass is 35.5. The summed E-state index contributed by atoms with van der Waals surface area (Å²) in [5.41, 5.74) is 2.77. The average molecular weight is 552 g/mol. The van der Waals surface area contributed by atoms with E-state index < -0.39 is 0 Å². The third-order valence-corrected chi connectivity index (χ3v) is 9.89. The Bertz CT molecular complexity index is 923. The van der Waals surface area contributed by atoms with E-state index in [4.69, 9.17) is 27.9 Å². The Kier molecular flexibility index (Phi) is 10.6. The van der Waals surface area contributed by atoms with Gasteiger partial charge in [-0.2, -0.15) is 11.3 Å². The van der Waals surface area contributed by atoms with E-state index in [1.807, 2.05) is 30.6 Å². The minimum atomic E-state index is 0.0925. The largest absolute Gasteiger partial charge is 0.378 e. The van der Waals surface area contributed by atoms with Crippen LogP contribution in [0.2, 0.25) is 10.0 Å². The Morgan fingerprint density at radius 3 is 2.39 bits per heavy atom. The lowest BCUT2D eigenvalue weighted by Crippen LogP contribution is -2.41. The lowest BCUT2D eigenvalue weighted by molar-refractivity contribution is -0.0500. The van der Waals surface area contributed by atoms with E-state index in [9.17, 15) is 0 Å². The number of piperidine rings is 1. The normalized spacial score (nSPS) is 22.5. The van der Waals surface area contributed by atoms with Crippen LogP contribution in [-0.4, -0.2) is 55.2 Å². The number of rotatable bonds is 12. The molecule has 2 aromatic rings. The van der Waals surface area contributed by atoms with Crippen molar-refractivity contribution < 1.29 is 4.74 Å². The molecule has 0 radical (unpaired) electrons. The molecule has 200 valence electrons. The number of likely N-dealkylation sites (tertiary alicyclic amines) is 2. The maximum Gasteiger partial charge on any atom is 0.0681 e. The number of ether oxygens (including phenoxy) is 1. The van der Waals surface area contributed by atoms with Crippen LogP contribution in [0, 0.1) is 11.8 Å². The molecule has 0 N–H and O–H groups in total. The topological polar surface area (TPSA) is 15.7 Å². The van der Waals surface area contributed by atoms with Gasteiger partial charge in [0.2, 0.25) is 0 Å². The van der Waals surface area contributed by atoms with Gasteiger partial charge < -0.3 is 9.64 Å². The summed E-state index contributed by atoms with van der Waals surface area (Å²) in [7, 11) is 1.94. The molecule has 3 nitrogen and oxygen atoms in total. The smallest absolute Gasteiger partial charge is 0.0681 e. The second-order valence-electron chi connectivity index (χ2n) is 11.2. The standard InChI is InChI=1S/C30H44Cl2N2OS/c1-4-11-30(35-3,12-5-2)17-23-8-13-33(14-9-23)19-26-20-34(21-28(26)25-10-15-36-22-25)18-24-6-7-27(31)16-29(24)32/h6-7,10,15-16,22-23,26,28H,4-5,8-9,11-14,17-21H2,1-3H3/t26?,28-/m1/s1. The molecule has 2 saturated heterocycles. The van der Waals surface area contributed by atoms with Gasteiger partial charge in [0.15, 0.2) is 0 Å². The minimum absolute atomic E-state index is 0.0925. The molecule has 0 saturated carbocycles. The maximum atomic E-state index is 6.52. The predicted molar refractivity (Wildman–Crippen MR) is 156 cm³/mol. The van der Waals surface area contributed by atoms with Crippen LogP contribution in [0.3, 0.4) is 0 Å². The molecule has 0 amide bonds. The number of hydrogen-bond donors (Lipinski definition) is 0. The van der Waals surface area contributed by atoms with Gasteiger partial charge in [0, 0.05) is 49.3 Å². The van der Waals surface area contributed by atoms with Crippen molar-refractivity contribution in [1.82, 2.24) is 9.80 Å². The minimum Gasteiger partial charge on any atom is -0.378 e. The van der Waals surface area contributed by atoms with Crippen LogP contribution in [-0.2, 0) is 11.3 Å². The highest BCUT2D eigenvalue weighted by Gasteiger charge is 2.37. The fourth-order valence-corrected chi connectivity index (χ4v) is 7.98. The van der Waals surface area contributed by atoms with Crippen molar-refractivity contribution in [2.75, 3.05) is 39.8 Å². The Balaban J connectivity index is 1.35. The van der Waals surface area contributed by atoms with Crippen LogP contribution in [0.15, 0.2) is 35.0 Å². The third-order valence-electron chi connectivity index (χ3n) is 8.60. The van der Waals surface area contributed by atoms with Gasteiger partial charge in [0.1, 0.15) is 0 Å². The van der Waals surface area contributed by atoms with E-state index in [0.29, 0.717) is 16.9 Å². The maximum absolute atomic E-state index is 6.52. The van der Waals surface area contributed by atoms with Crippen molar-refractivity contribution in [3.05, 3.63) is 56.2 Å². The number of methoxy groups -OCH3 is 1. The molecule has 0 bridgehead atoms. The Morgan fingerprint density at radius 1 is 1.03 bits per heavy atom. The number of hydrogen-bond acceptors (Lipinski definition) is 4. The summed E-state index contributed by atoms with van der Waals surface area (Å²) in [5, 5.41) is 6.06. The number of halogens is 2. The van der Waals surface area contributed by atoms with Crippen molar-refractivity contribution in [1.29, 1.82) is 0 Å². The fraction of sp³-hybridized carbons (Fsp3) is 0.667. The molecule has 3 heterocycles. The van der Waals surface area contributed by atoms with E-state index in [2.05, 4.69) is 46.5 Å². The van der Waals surface area contributed by atoms with Gasteiger partial charge in [-0.25, -0.2) is 0 Å². The molecule has 0 spiro atoms. The summed E-state index contributed by atoms with van der Waals surface area (Å²) in [6.07, 6.45) is 8.63. The zero-order valence-corrected chi connectivity index (χ0v) is 24.7.